The highest BCUT2D eigenvalue weighted by molar-refractivity contribution is 4.43. The molecule has 0 aromatic heterocycles. The van der Waals surface area contributed by atoms with Crippen LogP contribution in [-0.4, -0.2) is 28.3 Å². The van der Waals surface area contributed by atoms with Gasteiger partial charge in [-0.05, 0) is 18.2 Å². The third-order valence-corrected chi connectivity index (χ3v) is 2.63. The SMILES string of the molecule is CCCCCCCCC[N+](O)(O)CC.[Cl-]. The lowest BCUT2D eigenvalue weighted by Gasteiger charge is -2.18. The van der Waals surface area contributed by atoms with Crippen LogP contribution in [0, 0.1) is 0 Å². The second-order valence-electron chi connectivity index (χ2n) is 4.04. The van der Waals surface area contributed by atoms with Crippen LogP contribution in [0.15, 0.2) is 0 Å². The van der Waals surface area contributed by atoms with Crippen molar-refractivity contribution in [2.75, 3.05) is 13.1 Å². The summed E-state index contributed by atoms with van der Waals surface area (Å²) >= 11 is 0. The summed E-state index contributed by atoms with van der Waals surface area (Å²) in [6.45, 7) is 4.83. The maximum atomic E-state index is 9.26. The Morgan fingerprint density at radius 3 is 1.73 bits per heavy atom. The van der Waals surface area contributed by atoms with Crippen LogP contribution in [0.1, 0.15) is 58.8 Å². The number of nitrogens with zero attached hydrogens (tertiary/aromatic N) is 1. The summed E-state index contributed by atoms with van der Waals surface area (Å²) in [6.07, 6.45) is 8.47. The van der Waals surface area contributed by atoms with Gasteiger partial charge >= 0.3 is 0 Å². The minimum Gasteiger partial charge on any atom is -1.00 e. The van der Waals surface area contributed by atoms with Crippen LogP contribution in [0.2, 0.25) is 0 Å². The first kappa shape index (κ1) is 17.6. The summed E-state index contributed by atoms with van der Waals surface area (Å²) in [7, 11) is 0. The molecule has 4 heteroatoms. The molecule has 0 aromatic carbocycles. The number of unbranched alkanes of at least 4 members (excludes halogenated alkanes) is 6. The van der Waals surface area contributed by atoms with Crippen molar-refractivity contribution < 1.29 is 27.6 Å². The molecule has 0 saturated carbocycles. The molecule has 3 nitrogen and oxygen atoms in total. The van der Waals surface area contributed by atoms with Gasteiger partial charge in [0.05, 0.1) is 0 Å². The van der Waals surface area contributed by atoms with Gasteiger partial charge < -0.3 is 12.4 Å². The zero-order valence-electron chi connectivity index (χ0n) is 10.1. The molecule has 0 fully saturated rings. The average Bonchev–Trinajstić information content (AvgIpc) is 2.16. The summed E-state index contributed by atoms with van der Waals surface area (Å²) in [4.78, 5) is -0.811. The summed E-state index contributed by atoms with van der Waals surface area (Å²) in [5.74, 6) is 0. The maximum Gasteiger partial charge on any atom is 0.142 e. The number of quaternary nitrogens is 1. The van der Waals surface area contributed by atoms with Gasteiger partial charge in [-0.25, -0.2) is 0 Å². The molecule has 0 aliphatic heterocycles. The first-order valence-corrected chi connectivity index (χ1v) is 5.95. The molecule has 0 atom stereocenters. The van der Waals surface area contributed by atoms with Gasteiger partial charge in [-0.2, -0.15) is 10.4 Å². The molecule has 0 aliphatic carbocycles. The number of hydrogen-bond acceptors (Lipinski definition) is 2. The Morgan fingerprint density at radius 2 is 1.27 bits per heavy atom. The Balaban J connectivity index is 0. The van der Waals surface area contributed by atoms with Gasteiger partial charge in [0.1, 0.15) is 13.1 Å². The van der Waals surface area contributed by atoms with Crippen LogP contribution >= 0.6 is 0 Å². The van der Waals surface area contributed by atoms with Gasteiger partial charge in [-0.1, -0.05) is 39.0 Å². The molecular weight excluding hydrogens is 214 g/mol. The van der Waals surface area contributed by atoms with E-state index in [0.29, 0.717) is 13.1 Å². The molecule has 0 spiro atoms. The molecule has 2 N–H and O–H groups in total. The number of hydrogen-bond donors (Lipinski definition) is 2. The van der Waals surface area contributed by atoms with Crippen LogP contribution < -0.4 is 12.4 Å². The van der Waals surface area contributed by atoms with Gasteiger partial charge in [0.25, 0.3) is 0 Å². The summed E-state index contributed by atoms with van der Waals surface area (Å²) in [5.41, 5.74) is 0. The van der Waals surface area contributed by atoms with Crippen molar-refractivity contribution in [2.45, 2.75) is 58.8 Å². The molecule has 0 radical (unpaired) electrons. The minimum absolute atomic E-state index is 0. The van der Waals surface area contributed by atoms with Crippen molar-refractivity contribution in [2.24, 2.45) is 0 Å². The van der Waals surface area contributed by atoms with E-state index in [1.165, 1.54) is 32.1 Å². The fourth-order valence-electron chi connectivity index (χ4n) is 1.48. The van der Waals surface area contributed by atoms with E-state index in [9.17, 15) is 10.4 Å². The largest absolute Gasteiger partial charge is 1.00 e. The van der Waals surface area contributed by atoms with Crippen molar-refractivity contribution in [1.82, 2.24) is 0 Å². The highest BCUT2D eigenvalue weighted by Crippen LogP contribution is 2.08. The summed E-state index contributed by atoms with van der Waals surface area (Å²) < 4.78 is 0. The number of hydroxylamine groups is 4. The van der Waals surface area contributed by atoms with E-state index in [1.54, 1.807) is 6.92 Å². The van der Waals surface area contributed by atoms with E-state index in [4.69, 9.17) is 0 Å². The minimum atomic E-state index is -0.811. The Kier molecular flexibility index (Phi) is 12.5. The van der Waals surface area contributed by atoms with Crippen LogP contribution in [0.25, 0.3) is 0 Å². The van der Waals surface area contributed by atoms with E-state index >= 15 is 0 Å². The molecule has 94 valence electrons. The second kappa shape index (κ2) is 10.7. The molecular formula is C11H26ClNO2. The standard InChI is InChI=1S/C11H26NO2.ClH/c1-3-5-6-7-8-9-10-11-12(13,14)4-2;/h13-14H,3-11H2,1-2H3;1H/q+1;/p-1. The van der Waals surface area contributed by atoms with Gasteiger partial charge in [0.2, 0.25) is 0 Å². The topological polar surface area (TPSA) is 40.5 Å². The summed E-state index contributed by atoms with van der Waals surface area (Å²) in [6, 6.07) is 0. The van der Waals surface area contributed by atoms with Crippen molar-refractivity contribution in [1.29, 1.82) is 0 Å². The van der Waals surface area contributed by atoms with Gasteiger partial charge in [-0.15, -0.1) is 0 Å². The monoisotopic (exact) mass is 239 g/mol. The molecule has 0 bridgehead atoms. The Morgan fingerprint density at radius 1 is 0.800 bits per heavy atom. The molecule has 0 saturated heterocycles. The fraction of sp³-hybridized carbons (Fsp3) is 1.00. The maximum absolute atomic E-state index is 9.26. The third kappa shape index (κ3) is 12.1. The van der Waals surface area contributed by atoms with E-state index in [2.05, 4.69) is 6.92 Å². The first-order valence-electron chi connectivity index (χ1n) is 5.95. The van der Waals surface area contributed by atoms with Gasteiger partial charge in [-0.3, -0.25) is 0 Å². The molecule has 15 heavy (non-hydrogen) atoms. The third-order valence-electron chi connectivity index (χ3n) is 2.63. The lowest BCUT2D eigenvalue weighted by molar-refractivity contribution is -1.24. The van der Waals surface area contributed by atoms with E-state index < -0.39 is 4.81 Å². The predicted molar refractivity (Wildman–Crippen MR) is 57.2 cm³/mol. The Bertz CT molecular complexity index is 132. The normalized spacial score (nSPS) is 11.2. The van der Waals surface area contributed by atoms with Gasteiger partial charge in [0, 0.05) is 6.42 Å². The lowest BCUT2D eigenvalue weighted by Crippen LogP contribution is -3.00. The van der Waals surface area contributed by atoms with Crippen LogP contribution in [-0.2, 0) is 0 Å². The molecule has 0 rings (SSSR count). The Labute approximate surface area is 100 Å². The zero-order chi connectivity index (χ0) is 10.9. The summed E-state index contributed by atoms with van der Waals surface area (Å²) in [5, 5.41) is 18.5. The van der Waals surface area contributed by atoms with E-state index in [1.807, 2.05) is 0 Å². The smallest absolute Gasteiger partial charge is 0.142 e. The highest BCUT2D eigenvalue weighted by atomic mass is 35.5. The van der Waals surface area contributed by atoms with Crippen LogP contribution in [0.4, 0.5) is 0 Å². The highest BCUT2D eigenvalue weighted by Gasteiger charge is 2.17. The van der Waals surface area contributed by atoms with Crippen LogP contribution in [0.5, 0.6) is 0 Å². The molecule has 0 aliphatic rings. The van der Waals surface area contributed by atoms with Crippen molar-refractivity contribution in [3.63, 3.8) is 0 Å². The molecule has 0 unspecified atom stereocenters. The van der Waals surface area contributed by atoms with Crippen molar-refractivity contribution >= 4 is 0 Å². The average molecular weight is 240 g/mol. The van der Waals surface area contributed by atoms with Crippen molar-refractivity contribution in [3.05, 3.63) is 0 Å². The predicted octanol–water partition coefficient (Wildman–Crippen LogP) is 0.356. The van der Waals surface area contributed by atoms with Crippen LogP contribution in [0.3, 0.4) is 0 Å². The van der Waals surface area contributed by atoms with Crippen molar-refractivity contribution in [3.8, 4) is 0 Å². The number of halogens is 1. The lowest BCUT2D eigenvalue weighted by atomic mass is 10.1. The first-order chi connectivity index (χ1) is 6.62. The van der Waals surface area contributed by atoms with E-state index in [-0.39, 0.29) is 12.4 Å². The number of rotatable bonds is 9. The fourth-order valence-corrected chi connectivity index (χ4v) is 1.48. The molecule has 0 amide bonds. The van der Waals surface area contributed by atoms with E-state index in [0.717, 1.165) is 12.8 Å². The second-order valence-corrected chi connectivity index (χ2v) is 4.04. The zero-order valence-corrected chi connectivity index (χ0v) is 10.8. The molecule has 0 aromatic rings. The quantitative estimate of drug-likeness (QED) is 0.347. The molecule has 0 heterocycles. The Hall–Kier alpha value is 0.170. The van der Waals surface area contributed by atoms with Gasteiger partial charge in [0.15, 0.2) is 0 Å².